The van der Waals surface area contributed by atoms with Gasteiger partial charge in [-0.05, 0) is 29.9 Å². The minimum absolute atomic E-state index is 0.320. The molecule has 0 radical (unpaired) electrons. The van der Waals surface area contributed by atoms with Gasteiger partial charge < -0.3 is 9.88 Å². The first-order valence-electron chi connectivity index (χ1n) is 6.39. The summed E-state index contributed by atoms with van der Waals surface area (Å²) in [5.74, 6) is 2.65. The SMILES string of the molecule is Cc1ccsc1-c1nnc2n1CCNC2C(C)C. The molecule has 1 N–H and O–H groups in total. The topological polar surface area (TPSA) is 42.7 Å². The highest BCUT2D eigenvalue weighted by molar-refractivity contribution is 7.13. The first kappa shape index (κ1) is 11.9. The van der Waals surface area contributed by atoms with E-state index in [1.165, 1.54) is 10.4 Å². The van der Waals surface area contributed by atoms with Gasteiger partial charge in [0.15, 0.2) is 11.6 Å². The molecule has 0 aromatic carbocycles. The first-order chi connectivity index (χ1) is 8.68. The molecular weight excluding hydrogens is 244 g/mol. The van der Waals surface area contributed by atoms with Crippen LogP contribution in [0.15, 0.2) is 11.4 Å². The quantitative estimate of drug-likeness (QED) is 0.904. The Morgan fingerprint density at radius 3 is 2.94 bits per heavy atom. The van der Waals surface area contributed by atoms with E-state index in [1.807, 2.05) is 0 Å². The normalized spacial score (nSPS) is 19.2. The largest absolute Gasteiger partial charge is 0.308 e. The maximum atomic E-state index is 4.42. The van der Waals surface area contributed by atoms with Crippen LogP contribution >= 0.6 is 11.3 Å². The zero-order valence-electron chi connectivity index (χ0n) is 11.0. The first-order valence-corrected chi connectivity index (χ1v) is 7.27. The van der Waals surface area contributed by atoms with E-state index in [4.69, 9.17) is 0 Å². The van der Waals surface area contributed by atoms with Crippen LogP contribution in [0.3, 0.4) is 0 Å². The molecule has 1 unspecified atom stereocenters. The molecule has 2 aromatic rings. The molecule has 3 rings (SSSR count). The standard InChI is InChI=1S/C13H18N4S/c1-8(2)10-12-15-16-13(17(12)6-5-14-10)11-9(3)4-7-18-11/h4,7-8,10,14H,5-6H2,1-3H3. The van der Waals surface area contributed by atoms with E-state index in [0.717, 1.165) is 24.7 Å². The highest BCUT2D eigenvalue weighted by Crippen LogP contribution is 2.31. The number of aromatic nitrogens is 3. The zero-order chi connectivity index (χ0) is 12.7. The predicted octanol–water partition coefficient (Wildman–Crippen LogP) is 2.62. The number of hydrogen-bond donors (Lipinski definition) is 1. The Kier molecular flexibility index (Phi) is 2.95. The smallest absolute Gasteiger partial charge is 0.174 e. The van der Waals surface area contributed by atoms with Crippen molar-refractivity contribution in [3.63, 3.8) is 0 Å². The van der Waals surface area contributed by atoms with E-state index < -0.39 is 0 Å². The Balaban J connectivity index is 2.08. The average molecular weight is 262 g/mol. The number of aryl methyl sites for hydroxylation is 1. The van der Waals surface area contributed by atoms with Gasteiger partial charge in [-0.25, -0.2) is 0 Å². The van der Waals surface area contributed by atoms with E-state index >= 15 is 0 Å². The summed E-state index contributed by atoms with van der Waals surface area (Å²) in [4.78, 5) is 1.25. The van der Waals surface area contributed by atoms with E-state index in [9.17, 15) is 0 Å². The Bertz CT molecular complexity index is 555. The van der Waals surface area contributed by atoms with Crippen LogP contribution in [0.4, 0.5) is 0 Å². The van der Waals surface area contributed by atoms with Gasteiger partial charge in [0.1, 0.15) is 0 Å². The minimum Gasteiger partial charge on any atom is -0.308 e. The van der Waals surface area contributed by atoms with Crippen molar-refractivity contribution >= 4 is 11.3 Å². The summed E-state index contributed by atoms with van der Waals surface area (Å²) in [6.07, 6.45) is 0. The molecule has 0 fully saturated rings. The molecule has 5 heteroatoms. The van der Waals surface area contributed by atoms with Gasteiger partial charge in [-0.1, -0.05) is 13.8 Å². The van der Waals surface area contributed by atoms with Crippen molar-refractivity contribution < 1.29 is 0 Å². The molecule has 0 saturated carbocycles. The summed E-state index contributed by atoms with van der Waals surface area (Å²) in [7, 11) is 0. The predicted molar refractivity (Wildman–Crippen MR) is 73.7 cm³/mol. The second-order valence-corrected chi connectivity index (χ2v) is 6.06. The molecule has 18 heavy (non-hydrogen) atoms. The molecule has 1 atom stereocenters. The molecule has 0 bridgehead atoms. The number of fused-ring (bicyclic) bond motifs is 1. The van der Waals surface area contributed by atoms with Crippen LogP contribution in [0.1, 0.15) is 31.3 Å². The number of nitrogens with one attached hydrogen (secondary N) is 1. The Morgan fingerprint density at radius 1 is 1.44 bits per heavy atom. The molecule has 3 heterocycles. The highest BCUT2D eigenvalue weighted by atomic mass is 32.1. The molecule has 0 aliphatic carbocycles. The van der Waals surface area contributed by atoms with Gasteiger partial charge in [-0.3, -0.25) is 0 Å². The van der Waals surface area contributed by atoms with Crippen molar-refractivity contribution in [2.24, 2.45) is 5.92 Å². The van der Waals surface area contributed by atoms with Crippen molar-refractivity contribution in [3.05, 3.63) is 22.8 Å². The summed E-state index contributed by atoms with van der Waals surface area (Å²) in [6.45, 7) is 8.52. The van der Waals surface area contributed by atoms with Crippen molar-refractivity contribution in [2.45, 2.75) is 33.4 Å². The van der Waals surface area contributed by atoms with Gasteiger partial charge in [0.25, 0.3) is 0 Å². The maximum Gasteiger partial charge on any atom is 0.174 e. The van der Waals surface area contributed by atoms with Crippen molar-refractivity contribution in [1.29, 1.82) is 0 Å². The summed E-state index contributed by atoms with van der Waals surface area (Å²) >= 11 is 1.75. The van der Waals surface area contributed by atoms with Gasteiger partial charge in [0.05, 0.1) is 10.9 Å². The molecule has 1 aliphatic heterocycles. The zero-order valence-corrected chi connectivity index (χ0v) is 11.8. The van der Waals surface area contributed by atoms with Crippen molar-refractivity contribution in [2.75, 3.05) is 6.54 Å². The molecule has 96 valence electrons. The van der Waals surface area contributed by atoms with Crippen LogP contribution in [0, 0.1) is 12.8 Å². The monoisotopic (exact) mass is 262 g/mol. The van der Waals surface area contributed by atoms with Crippen molar-refractivity contribution in [3.8, 4) is 10.7 Å². The van der Waals surface area contributed by atoms with Crippen LogP contribution in [-0.4, -0.2) is 21.3 Å². The van der Waals surface area contributed by atoms with Crippen LogP contribution < -0.4 is 5.32 Å². The second kappa shape index (κ2) is 4.48. The molecular formula is C13H18N4S. The van der Waals surface area contributed by atoms with Gasteiger partial charge in [-0.15, -0.1) is 21.5 Å². The van der Waals surface area contributed by atoms with Gasteiger partial charge in [-0.2, -0.15) is 0 Å². The number of rotatable bonds is 2. The van der Waals surface area contributed by atoms with E-state index in [2.05, 4.69) is 52.3 Å². The van der Waals surface area contributed by atoms with Gasteiger partial charge >= 0.3 is 0 Å². The minimum atomic E-state index is 0.320. The summed E-state index contributed by atoms with van der Waals surface area (Å²) in [5.41, 5.74) is 1.29. The fourth-order valence-corrected chi connectivity index (χ4v) is 3.41. The summed E-state index contributed by atoms with van der Waals surface area (Å²) in [6, 6.07) is 2.46. The Morgan fingerprint density at radius 2 is 2.28 bits per heavy atom. The highest BCUT2D eigenvalue weighted by Gasteiger charge is 2.28. The molecule has 0 saturated heterocycles. The third kappa shape index (κ3) is 1.78. The van der Waals surface area contributed by atoms with E-state index in [0.29, 0.717) is 12.0 Å². The molecule has 0 amide bonds. The number of hydrogen-bond acceptors (Lipinski definition) is 4. The fourth-order valence-electron chi connectivity index (χ4n) is 2.49. The van der Waals surface area contributed by atoms with Crippen molar-refractivity contribution in [1.82, 2.24) is 20.1 Å². The fraction of sp³-hybridized carbons (Fsp3) is 0.538. The summed E-state index contributed by atoms with van der Waals surface area (Å²) in [5, 5.41) is 14.5. The lowest BCUT2D eigenvalue weighted by Crippen LogP contribution is -2.36. The molecule has 4 nitrogen and oxygen atoms in total. The molecule has 2 aromatic heterocycles. The van der Waals surface area contributed by atoms with E-state index in [-0.39, 0.29) is 0 Å². The molecule has 0 spiro atoms. The summed E-state index contributed by atoms with van der Waals surface area (Å²) < 4.78 is 2.28. The second-order valence-electron chi connectivity index (χ2n) is 5.14. The molecule has 1 aliphatic rings. The lowest BCUT2D eigenvalue weighted by atomic mass is 10.0. The number of thiophene rings is 1. The van der Waals surface area contributed by atoms with Gasteiger partial charge in [0, 0.05) is 13.1 Å². The Labute approximate surface area is 111 Å². The lowest BCUT2D eigenvalue weighted by molar-refractivity contribution is 0.339. The van der Waals surface area contributed by atoms with Crippen LogP contribution in [0.25, 0.3) is 10.7 Å². The lowest BCUT2D eigenvalue weighted by Gasteiger charge is -2.27. The Hall–Kier alpha value is -1.20. The third-order valence-corrected chi connectivity index (χ3v) is 4.50. The van der Waals surface area contributed by atoms with Crippen LogP contribution in [0.5, 0.6) is 0 Å². The van der Waals surface area contributed by atoms with Crippen LogP contribution in [-0.2, 0) is 6.54 Å². The average Bonchev–Trinajstić information content (AvgIpc) is 2.93. The number of nitrogens with zero attached hydrogens (tertiary/aromatic N) is 3. The van der Waals surface area contributed by atoms with Crippen LogP contribution in [0.2, 0.25) is 0 Å². The maximum absolute atomic E-state index is 4.42. The van der Waals surface area contributed by atoms with E-state index in [1.54, 1.807) is 11.3 Å². The van der Waals surface area contributed by atoms with Gasteiger partial charge in [0.2, 0.25) is 0 Å². The third-order valence-electron chi connectivity index (χ3n) is 3.49.